The Bertz CT molecular complexity index is 2450. The number of piperidine rings is 1. The molecule has 2 N–H and O–H groups in total. The molecule has 1 atom stereocenters. The molecular weight excluding hydrogens is 865 g/mol. The normalized spacial score (nSPS) is 18.7. The summed E-state index contributed by atoms with van der Waals surface area (Å²) in [5.41, 5.74) is -0.294. The van der Waals surface area contributed by atoms with Gasteiger partial charge in [-0.2, -0.15) is 13.2 Å². The molecule has 1 aromatic heterocycles. The number of nitrogens with zero attached hydrogens (tertiary/aromatic N) is 4. The highest BCUT2D eigenvalue weighted by Gasteiger charge is 2.48. The average Bonchev–Trinajstić information content (AvgIpc) is 3.22. The number of alkyl halides is 3. The highest BCUT2D eigenvalue weighted by molar-refractivity contribution is 7.99. The Morgan fingerprint density at radius 1 is 0.951 bits per heavy atom. The van der Waals surface area contributed by atoms with Crippen LogP contribution in [0.15, 0.2) is 99.4 Å². The number of rotatable bonds is 14. The maximum Gasteiger partial charge on any atom is 0.501 e. The third-order valence-corrected chi connectivity index (χ3v) is 16.3. The molecule has 3 heterocycles. The molecule has 328 valence electrons. The number of thioether (sulfide) groups is 1. The van der Waals surface area contributed by atoms with Crippen LogP contribution in [-0.4, -0.2) is 86.1 Å². The Morgan fingerprint density at radius 3 is 2.36 bits per heavy atom. The van der Waals surface area contributed by atoms with Gasteiger partial charge < -0.3 is 5.32 Å². The third kappa shape index (κ3) is 10.8. The fraction of sp³-hybridized carbons (Fsp3) is 0.455. The molecule has 1 aliphatic carbocycles. The zero-order valence-corrected chi connectivity index (χ0v) is 37.7. The fourth-order valence-electron chi connectivity index (χ4n) is 8.57. The molecule has 3 aliphatic rings. The summed E-state index contributed by atoms with van der Waals surface area (Å²) >= 11 is 7.67. The zero-order chi connectivity index (χ0) is 43.6. The minimum Gasteiger partial charge on any atom is -0.380 e. The molecule has 4 aromatic rings. The Kier molecular flexibility index (Phi) is 13.8. The van der Waals surface area contributed by atoms with Crippen molar-refractivity contribution in [3.05, 3.63) is 107 Å². The fourth-order valence-corrected chi connectivity index (χ4v) is 11.8. The lowest BCUT2D eigenvalue weighted by Crippen LogP contribution is -2.47. The van der Waals surface area contributed by atoms with Crippen LogP contribution in [-0.2, 0) is 32.8 Å². The number of halogens is 4. The van der Waals surface area contributed by atoms with Gasteiger partial charge in [0.2, 0.25) is 0 Å². The van der Waals surface area contributed by atoms with E-state index in [1.807, 2.05) is 49.4 Å². The van der Waals surface area contributed by atoms with E-state index in [0.717, 1.165) is 73.8 Å². The smallest absolute Gasteiger partial charge is 0.380 e. The quantitative estimate of drug-likeness (QED) is 0.118. The summed E-state index contributed by atoms with van der Waals surface area (Å²) < 4.78 is 97.9. The Hall–Kier alpha value is -3.67. The molecule has 3 aromatic carbocycles. The predicted octanol–water partition coefficient (Wildman–Crippen LogP) is 9.69. The lowest BCUT2D eigenvalue weighted by atomic mass is 9.72. The predicted molar refractivity (Wildman–Crippen MR) is 237 cm³/mol. The lowest BCUT2D eigenvalue weighted by Gasteiger charge is -2.42. The van der Waals surface area contributed by atoms with Crippen LogP contribution in [0.25, 0.3) is 5.57 Å². The van der Waals surface area contributed by atoms with Gasteiger partial charge in [0.05, 0.1) is 16.3 Å². The summed E-state index contributed by atoms with van der Waals surface area (Å²) in [5, 5.41) is 3.67. The number of allylic oxidation sites excluding steroid dienone is 1. The van der Waals surface area contributed by atoms with Gasteiger partial charge in [0.15, 0.2) is 0 Å². The molecule has 2 aliphatic heterocycles. The largest absolute Gasteiger partial charge is 0.501 e. The number of likely N-dealkylation sites (tertiary alicyclic amines) is 1. The molecule has 0 saturated carbocycles. The zero-order valence-electron chi connectivity index (χ0n) is 34.5. The van der Waals surface area contributed by atoms with Crippen LogP contribution in [0, 0.1) is 5.41 Å². The van der Waals surface area contributed by atoms with Crippen molar-refractivity contribution >= 4 is 60.3 Å². The molecule has 1 fully saturated rings. The molecule has 10 nitrogen and oxygen atoms in total. The summed E-state index contributed by atoms with van der Waals surface area (Å²) in [6.07, 6.45) is 7.40. The van der Waals surface area contributed by atoms with Gasteiger partial charge in [0, 0.05) is 53.0 Å². The van der Waals surface area contributed by atoms with Crippen molar-refractivity contribution in [2.24, 2.45) is 5.41 Å². The summed E-state index contributed by atoms with van der Waals surface area (Å²) in [7, 11) is -10.5. The number of sulfonamides is 1. The monoisotopic (exact) mass is 916 g/mol. The van der Waals surface area contributed by atoms with Crippen LogP contribution in [0.5, 0.6) is 0 Å². The van der Waals surface area contributed by atoms with E-state index in [0.29, 0.717) is 55.0 Å². The first kappa shape index (κ1) is 45.4. The van der Waals surface area contributed by atoms with Gasteiger partial charge in [-0.25, -0.2) is 26.8 Å². The third-order valence-electron chi connectivity index (χ3n) is 12.0. The number of aromatic nitrogens is 2. The number of benzene rings is 3. The van der Waals surface area contributed by atoms with Gasteiger partial charge in [0.1, 0.15) is 17.0 Å². The standard InChI is InChI=1S/C44H52ClF3N6O4S3/c1-4-33(28-59-35-8-6-5-7-9-35)51-39-15-14-36(24-41(39)60(55,56)44(46,47)48)61(57,58)52-42-38-19-23-54(27-40(38)49-29-50-42)34-17-21-53(22-18-34)26-31-25-43(2,3)20-16-37(31)30-10-12-32(45)13-11-30/h5-15,24,29,33-34,51H,4,16-23,25-28H2,1-3H3,(H,49,50,52)/t33-/m1/s1. The second-order valence-electron chi connectivity index (χ2n) is 16.9. The van der Waals surface area contributed by atoms with E-state index in [2.05, 4.69) is 55.8 Å². The van der Waals surface area contributed by atoms with Crippen molar-refractivity contribution in [1.29, 1.82) is 0 Å². The van der Waals surface area contributed by atoms with Gasteiger partial charge in [-0.3, -0.25) is 14.5 Å². The number of hydrogen-bond acceptors (Lipinski definition) is 10. The Morgan fingerprint density at radius 2 is 1.67 bits per heavy atom. The molecule has 0 unspecified atom stereocenters. The highest BCUT2D eigenvalue weighted by atomic mass is 35.5. The van der Waals surface area contributed by atoms with E-state index < -0.39 is 41.2 Å². The summed E-state index contributed by atoms with van der Waals surface area (Å²) in [4.78, 5) is 12.8. The Labute approximate surface area is 366 Å². The van der Waals surface area contributed by atoms with E-state index in [1.165, 1.54) is 34.8 Å². The van der Waals surface area contributed by atoms with Gasteiger partial charge >= 0.3 is 5.51 Å². The molecule has 61 heavy (non-hydrogen) atoms. The maximum atomic E-state index is 14.0. The maximum absolute atomic E-state index is 14.0. The molecule has 0 spiro atoms. The van der Waals surface area contributed by atoms with Gasteiger partial charge in [0.25, 0.3) is 19.9 Å². The number of hydrogen-bond donors (Lipinski definition) is 2. The van der Waals surface area contributed by atoms with Crippen molar-refractivity contribution in [3.63, 3.8) is 0 Å². The van der Waals surface area contributed by atoms with Crippen molar-refractivity contribution in [2.75, 3.05) is 42.0 Å². The van der Waals surface area contributed by atoms with E-state index in [9.17, 15) is 30.0 Å². The second-order valence-corrected chi connectivity index (χ2v) is 22.0. The average molecular weight is 918 g/mol. The van der Waals surface area contributed by atoms with Crippen LogP contribution in [0.4, 0.5) is 24.7 Å². The number of nitrogens with one attached hydrogen (secondary N) is 2. The first-order valence-corrected chi connectivity index (χ1v) is 24.9. The molecule has 7 rings (SSSR count). The minimum atomic E-state index is -5.95. The van der Waals surface area contributed by atoms with E-state index in [-0.39, 0.29) is 16.9 Å². The molecular formula is C44H52ClF3N6O4S3. The first-order chi connectivity index (χ1) is 28.9. The summed E-state index contributed by atoms with van der Waals surface area (Å²) in [6, 6.07) is 20.2. The van der Waals surface area contributed by atoms with Crippen molar-refractivity contribution in [2.45, 2.75) is 105 Å². The van der Waals surface area contributed by atoms with E-state index in [4.69, 9.17) is 11.6 Å². The second kappa shape index (κ2) is 18.6. The number of fused-ring (bicyclic) bond motifs is 1. The van der Waals surface area contributed by atoms with E-state index in [1.54, 1.807) is 0 Å². The van der Waals surface area contributed by atoms with Crippen LogP contribution < -0.4 is 10.0 Å². The van der Waals surface area contributed by atoms with Crippen molar-refractivity contribution in [1.82, 2.24) is 19.8 Å². The SMILES string of the molecule is CC[C@H](CSc1ccccc1)Nc1ccc(S(=O)(=O)Nc2ncnc3c2CCN(C2CCN(CC4=C(c5ccc(Cl)cc5)CCC(C)(C)C4)CC2)C3)cc1S(=O)(=O)C(F)(F)F. The van der Waals surface area contributed by atoms with Crippen LogP contribution >= 0.6 is 23.4 Å². The Balaban J connectivity index is 1.03. The lowest BCUT2D eigenvalue weighted by molar-refractivity contribution is -0.0435. The van der Waals surface area contributed by atoms with Gasteiger partial charge in [-0.1, -0.05) is 68.3 Å². The summed E-state index contributed by atoms with van der Waals surface area (Å²) in [6.45, 7) is 10.5. The van der Waals surface area contributed by atoms with Crippen molar-refractivity contribution in [3.8, 4) is 0 Å². The first-order valence-electron chi connectivity index (χ1n) is 20.6. The van der Waals surface area contributed by atoms with Gasteiger partial charge in [-0.15, -0.1) is 11.8 Å². The van der Waals surface area contributed by atoms with Crippen LogP contribution in [0.2, 0.25) is 5.02 Å². The molecule has 0 bridgehead atoms. The topological polar surface area (TPSA) is 125 Å². The molecule has 0 radical (unpaired) electrons. The highest BCUT2D eigenvalue weighted by Crippen LogP contribution is 2.43. The molecule has 1 saturated heterocycles. The van der Waals surface area contributed by atoms with E-state index >= 15 is 0 Å². The van der Waals surface area contributed by atoms with Crippen LogP contribution in [0.3, 0.4) is 0 Å². The number of sulfone groups is 1. The molecule has 0 amide bonds. The minimum absolute atomic E-state index is 0.0195. The van der Waals surface area contributed by atoms with Crippen LogP contribution in [0.1, 0.15) is 76.1 Å². The number of anilines is 2. The van der Waals surface area contributed by atoms with Crippen molar-refractivity contribution < 1.29 is 30.0 Å². The summed E-state index contributed by atoms with van der Waals surface area (Å²) in [5.74, 6) is 0.443. The molecule has 17 heteroatoms. The van der Waals surface area contributed by atoms with Gasteiger partial charge in [-0.05, 0) is 117 Å².